The lowest BCUT2D eigenvalue weighted by Crippen LogP contribution is -2.54. The highest BCUT2D eigenvalue weighted by Crippen LogP contribution is 2.40. The molecule has 14 heteroatoms. The Labute approximate surface area is 185 Å². The number of ether oxygens (including phenoxy) is 2. The zero-order chi connectivity index (χ0) is 24.6. The molecule has 0 spiro atoms. The van der Waals surface area contributed by atoms with Crippen LogP contribution >= 0.6 is 0 Å². The standard InChI is InChI=1S/C19H21F4N5O5/c1-9(19(21,22)23)32-13-5-12(25-6-11(13)18(20)7-31-8-18)14(29)27-17(3,16(30)24-4)15-26-10(2)33-28-15/h5-6,9H,7-8H2,1-4H3,(H,24,30)(H,27,29). The third-order valence-electron chi connectivity index (χ3n) is 5.03. The Bertz CT molecular complexity index is 1060. The number of hydrogen-bond donors (Lipinski definition) is 2. The maximum Gasteiger partial charge on any atom is 0.425 e. The number of nitrogens with zero attached hydrogens (tertiary/aromatic N) is 3. The van der Waals surface area contributed by atoms with Gasteiger partial charge in [0.25, 0.3) is 11.8 Å². The molecule has 0 bridgehead atoms. The molecule has 3 rings (SSSR count). The van der Waals surface area contributed by atoms with Gasteiger partial charge in [0, 0.05) is 26.2 Å². The zero-order valence-corrected chi connectivity index (χ0v) is 18.0. The van der Waals surface area contributed by atoms with Crippen molar-refractivity contribution in [2.75, 3.05) is 20.3 Å². The average Bonchev–Trinajstić information content (AvgIpc) is 3.17. The number of carbonyl (C=O) groups is 2. The normalized spacial score (nSPS) is 17.9. The Morgan fingerprint density at radius 3 is 2.45 bits per heavy atom. The minimum absolute atomic E-state index is 0.129. The summed E-state index contributed by atoms with van der Waals surface area (Å²) >= 11 is 0. The smallest absolute Gasteiger partial charge is 0.425 e. The number of aromatic nitrogens is 3. The predicted octanol–water partition coefficient (Wildman–Crippen LogP) is 1.69. The van der Waals surface area contributed by atoms with Crippen molar-refractivity contribution in [3.8, 4) is 5.75 Å². The van der Waals surface area contributed by atoms with Crippen LogP contribution in [-0.2, 0) is 20.7 Å². The third kappa shape index (κ3) is 4.74. The molecule has 2 aromatic heterocycles. The number of amides is 2. The van der Waals surface area contributed by atoms with Crippen LogP contribution in [0.2, 0.25) is 0 Å². The first-order chi connectivity index (χ1) is 15.3. The minimum Gasteiger partial charge on any atom is -0.481 e. The van der Waals surface area contributed by atoms with Gasteiger partial charge in [0.05, 0.1) is 18.8 Å². The summed E-state index contributed by atoms with van der Waals surface area (Å²) < 4.78 is 68.7. The van der Waals surface area contributed by atoms with E-state index in [1.807, 2.05) is 0 Å². The van der Waals surface area contributed by atoms with E-state index in [0.717, 1.165) is 19.2 Å². The number of likely N-dealkylation sites (N-methyl/N-ethyl adjacent to an activating group) is 1. The lowest BCUT2D eigenvalue weighted by Gasteiger charge is -2.35. The number of rotatable bonds is 7. The number of pyridine rings is 1. The van der Waals surface area contributed by atoms with Gasteiger partial charge in [-0.3, -0.25) is 14.6 Å². The van der Waals surface area contributed by atoms with Gasteiger partial charge >= 0.3 is 6.18 Å². The Kier molecular flexibility index (Phi) is 6.33. The van der Waals surface area contributed by atoms with Crippen LogP contribution in [0.5, 0.6) is 5.75 Å². The second kappa shape index (κ2) is 8.57. The molecule has 10 nitrogen and oxygen atoms in total. The van der Waals surface area contributed by atoms with Gasteiger partial charge in [-0.25, -0.2) is 4.39 Å². The van der Waals surface area contributed by atoms with E-state index in [-0.39, 0.29) is 17.3 Å². The molecule has 1 saturated heterocycles. The number of aryl methyl sites for hydroxylation is 1. The SMILES string of the molecule is CNC(=O)C(C)(NC(=O)c1cc(OC(C)C(F)(F)F)c(C2(F)COC2)cn1)c1noc(C)n1. The van der Waals surface area contributed by atoms with Gasteiger partial charge in [-0.05, 0) is 13.8 Å². The molecule has 0 radical (unpaired) electrons. The van der Waals surface area contributed by atoms with Crippen molar-refractivity contribution in [2.45, 2.75) is 44.3 Å². The van der Waals surface area contributed by atoms with Gasteiger partial charge < -0.3 is 24.6 Å². The van der Waals surface area contributed by atoms with E-state index >= 15 is 0 Å². The first-order valence-electron chi connectivity index (χ1n) is 9.66. The molecule has 1 fully saturated rings. The molecule has 0 aromatic carbocycles. The molecule has 0 aliphatic carbocycles. The monoisotopic (exact) mass is 475 g/mol. The summed E-state index contributed by atoms with van der Waals surface area (Å²) in [5.41, 5.74) is -4.64. The second-order valence-electron chi connectivity index (χ2n) is 7.62. The highest BCUT2D eigenvalue weighted by molar-refractivity contribution is 5.98. The van der Waals surface area contributed by atoms with Gasteiger partial charge in [-0.2, -0.15) is 18.2 Å². The van der Waals surface area contributed by atoms with Crippen LogP contribution < -0.4 is 15.4 Å². The van der Waals surface area contributed by atoms with Crippen molar-refractivity contribution in [3.05, 3.63) is 35.2 Å². The average molecular weight is 475 g/mol. The van der Waals surface area contributed by atoms with Crippen molar-refractivity contribution in [1.82, 2.24) is 25.8 Å². The lowest BCUT2D eigenvalue weighted by atomic mass is 9.94. The molecule has 33 heavy (non-hydrogen) atoms. The quantitative estimate of drug-likeness (QED) is 0.579. The summed E-state index contributed by atoms with van der Waals surface area (Å²) in [4.78, 5) is 33.2. The molecule has 2 amide bonds. The lowest BCUT2D eigenvalue weighted by molar-refractivity contribution is -0.190. The molecule has 180 valence electrons. The van der Waals surface area contributed by atoms with Gasteiger partial charge in [0.15, 0.2) is 17.3 Å². The summed E-state index contributed by atoms with van der Waals surface area (Å²) in [6, 6.07) is 0.873. The Hall–Kier alpha value is -3.29. The van der Waals surface area contributed by atoms with Gasteiger partial charge in [-0.1, -0.05) is 5.16 Å². The molecule has 2 unspecified atom stereocenters. The maximum absolute atomic E-state index is 14.9. The van der Waals surface area contributed by atoms with Crippen LogP contribution in [-0.4, -0.2) is 59.5 Å². The molecule has 0 saturated carbocycles. The summed E-state index contributed by atoms with van der Waals surface area (Å²) in [5, 5.41) is 8.41. The largest absolute Gasteiger partial charge is 0.481 e. The molecular formula is C19H21F4N5O5. The fourth-order valence-electron chi connectivity index (χ4n) is 2.95. The molecule has 2 N–H and O–H groups in total. The molecule has 1 aliphatic rings. The van der Waals surface area contributed by atoms with Crippen LogP contribution in [0.25, 0.3) is 0 Å². The topological polar surface area (TPSA) is 128 Å². The van der Waals surface area contributed by atoms with Crippen LogP contribution in [0.3, 0.4) is 0 Å². The minimum atomic E-state index is -4.74. The molecule has 1 aliphatic heterocycles. The van der Waals surface area contributed by atoms with E-state index in [1.54, 1.807) is 0 Å². The van der Waals surface area contributed by atoms with Crippen molar-refractivity contribution >= 4 is 11.8 Å². The maximum atomic E-state index is 14.9. The van der Waals surface area contributed by atoms with Crippen molar-refractivity contribution < 1.29 is 41.1 Å². The second-order valence-corrected chi connectivity index (χ2v) is 7.62. The summed E-state index contributed by atoms with van der Waals surface area (Å²) in [5.74, 6) is -2.24. The highest BCUT2D eigenvalue weighted by Gasteiger charge is 2.46. The number of alkyl halides is 4. The first kappa shape index (κ1) is 24.4. The molecule has 2 atom stereocenters. The Balaban J connectivity index is 1.96. The van der Waals surface area contributed by atoms with E-state index in [0.29, 0.717) is 0 Å². The van der Waals surface area contributed by atoms with Crippen LogP contribution in [0.1, 0.15) is 41.6 Å². The summed E-state index contributed by atoms with van der Waals surface area (Å²) in [6.45, 7) is 2.72. The van der Waals surface area contributed by atoms with E-state index in [4.69, 9.17) is 14.0 Å². The molecular weight excluding hydrogens is 454 g/mol. The van der Waals surface area contributed by atoms with Crippen molar-refractivity contribution in [3.63, 3.8) is 0 Å². The van der Waals surface area contributed by atoms with E-state index in [2.05, 4.69) is 25.8 Å². The van der Waals surface area contributed by atoms with Crippen LogP contribution in [0, 0.1) is 6.92 Å². The van der Waals surface area contributed by atoms with Gasteiger partial charge in [0.1, 0.15) is 11.4 Å². The van der Waals surface area contributed by atoms with Crippen molar-refractivity contribution in [1.29, 1.82) is 0 Å². The van der Waals surface area contributed by atoms with Gasteiger partial charge in [-0.15, -0.1) is 0 Å². The first-order valence-corrected chi connectivity index (χ1v) is 9.66. The molecule has 3 heterocycles. The van der Waals surface area contributed by atoms with Crippen LogP contribution in [0.15, 0.2) is 16.8 Å². The van der Waals surface area contributed by atoms with E-state index in [1.165, 1.54) is 20.9 Å². The fourth-order valence-corrected chi connectivity index (χ4v) is 2.95. The zero-order valence-electron chi connectivity index (χ0n) is 18.0. The Morgan fingerprint density at radius 2 is 1.97 bits per heavy atom. The summed E-state index contributed by atoms with van der Waals surface area (Å²) in [6.07, 6.45) is -6.12. The van der Waals surface area contributed by atoms with E-state index < -0.39 is 60.0 Å². The number of hydrogen-bond acceptors (Lipinski definition) is 8. The number of nitrogens with one attached hydrogen (secondary N) is 2. The fraction of sp³-hybridized carbons (Fsp3) is 0.526. The number of carbonyl (C=O) groups excluding carboxylic acids is 2. The van der Waals surface area contributed by atoms with Crippen molar-refractivity contribution in [2.24, 2.45) is 0 Å². The van der Waals surface area contributed by atoms with E-state index in [9.17, 15) is 27.2 Å². The number of halogens is 4. The molecule has 2 aromatic rings. The highest BCUT2D eigenvalue weighted by atomic mass is 19.4. The van der Waals surface area contributed by atoms with Gasteiger partial charge in [0.2, 0.25) is 11.7 Å². The predicted molar refractivity (Wildman–Crippen MR) is 102 cm³/mol. The summed E-state index contributed by atoms with van der Waals surface area (Å²) in [7, 11) is 1.32. The third-order valence-corrected chi connectivity index (χ3v) is 5.03. The Morgan fingerprint density at radius 1 is 1.30 bits per heavy atom. The van der Waals surface area contributed by atoms with Crippen LogP contribution in [0.4, 0.5) is 17.6 Å².